The van der Waals surface area contributed by atoms with E-state index in [4.69, 9.17) is 4.74 Å². The summed E-state index contributed by atoms with van der Waals surface area (Å²) in [5.41, 5.74) is 0.508. The lowest BCUT2D eigenvalue weighted by Crippen LogP contribution is -2.52. The number of benzene rings is 1. The van der Waals surface area contributed by atoms with Crippen LogP contribution in [0.15, 0.2) is 24.3 Å². The van der Waals surface area contributed by atoms with Crippen LogP contribution in [0.5, 0.6) is 5.75 Å². The average molecular weight is 332 g/mol. The van der Waals surface area contributed by atoms with Gasteiger partial charge in [0.05, 0.1) is 12.5 Å². The molecule has 0 saturated carbocycles. The summed E-state index contributed by atoms with van der Waals surface area (Å²) in [6.45, 7) is 7.49. The fraction of sp³-hybridized carbons (Fsp3) is 0.579. The van der Waals surface area contributed by atoms with Crippen molar-refractivity contribution in [2.24, 2.45) is 11.3 Å². The van der Waals surface area contributed by atoms with Gasteiger partial charge in [-0.3, -0.25) is 9.59 Å². The van der Waals surface area contributed by atoms with E-state index in [1.807, 2.05) is 49.9 Å². The lowest BCUT2D eigenvalue weighted by atomic mass is 9.80. The average Bonchev–Trinajstić information content (AvgIpc) is 2.59. The molecule has 1 aliphatic rings. The van der Waals surface area contributed by atoms with E-state index < -0.39 is 5.41 Å². The van der Waals surface area contributed by atoms with Crippen molar-refractivity contribution in [1.29, 1.82) is 0 Å². The molecule has 2 amide bonds. The van der Waals surface area contributed by atoms with E-state index >= 15 is 0 Å². The number of piperidine rings is 1. The van der Waals surface area contributed by atoms with Crippen LogP contribution in [0.3, 0.4) is 0 Å². The number of nitrogens with one attached hydrogen (secondary N) is 1. The molecule has 5 heteroatoms. The van der Waals surface area contributed by atoms with Gasteiger partial charge in [0.25, 0.3) is 0 Å². The standard InChI is InChI=1S/C19H28N2O3/c1-14(2)17(22)21-11-5-10-19(3,13-21)18(23)20-12-15-6-8-16(24-4)9-7-15/h6-9,14H,5,10-13H2,1-4H3,(H,20,23)/t19-/m0/s1. The van der Waals surface area contributed by atoms with Crippen molar-refractivity contribution in [3.05, 3.63) is 29.8 Å². The SMILES string of the molecule is COc1ccc(CNC(=O)[C@@]2(C)CCCN(C(=O)C(C)C)C2)cc1. The zero-order valence-corrected chi connectivity index (χ0v) is 15.1. The molecule has 0 aromatic heterocycles. The van der Waals surface area contributed by atoms with Gasteiger partial charge in [-0.25, -0.2) is 0 Å². The summed E-state index contributed by atoms with van der Waals surface area (Å²) in [7, 11) is 1.63. The molecule has 1 aromatic carbocycles. The molecule has 0 unspecified atom stereocenters. The van der Waals surface area contributed by atoms with Crippen LogP contribution in [0.2, 0.25) is 0 Å². The molecule has 0 bridgehead atoms. The maximum Gasteiger partial charge on any atom is 0.227 e. The Hall–Kier alpha value is -2.04. The Balaban J connectivity index is 1.95. The van der Waals surface area contributed by atoms with E-state index in [-0.39, 0.29) is 17.7 Å². The fourth-order valence-corrected chi connectivity index (χ4v) is 3.12. The fourth-order valence-electron chi connectivity index (χ4n) is 3.12. The van der Waals surface area contributed by atoms with Gasteiger partial charge in [-0.15, -0.1) is 0 Å². The van der Waals surface area contributed by atoms with Crippen LogP contribution in [0.25, 0.3) is 0 Å². The van der Waals surface area contributed by atoms with Gasteiger partial charge in [0, 0.05) is 25.6 Å². The highest BCUT2D eigenvalue weighted by atomic mass is 16.5. The molecule has 1 aromatic rings. The van der Waals surface area contributed by atoms with Crippen molar-refractivity contribution in [2.45, 2.75) is 40.2 Å². The smallest absolute Gasteiger partial charge is 0.227 e. The highest BCUT2D eigenvalue weighted by Crippen LogP contribution is 2.30. The summed E-state index contributed by atoms with van der Waals surface area (Å²) >= 11 is 0. The monoisotopic (exact) mass is 332 g/mol. The minimum absolute atomic E-state index is 0.0135. The van der Waals surface area contributed by atoms with Crippen LogP contribution < -0.4 is 10.1 Å². The van der Waals surface area contributed by atoms with E-state index in [0.29, 0.717) is 13.1 Å². The Morgan fingerprint density at radius 3 is 2.54 bits per heavy atom. The molecule has 1 heterocycles. The molecule has 1 fully saturated rings. The summed E-state index contributed by atoms with van der Waals surface area (Å²) in [5, 5.41) is 3.02. The maximum absolute atomic E-state index is 12.7. The van der Waals surface area contributed by atoms with E-state index in [1.165, 1.54) is 0 Å². The van der Waals surface area contributed by atoms with Crippen molar-refractivity contribution in [1.82, 2.24) is 10.2 Å². The Kier molecular flexibility index (Phi) is 5.86. The molecule has 2 rings (SSSR count). The Morgan fingerprint density at radius 1 is 1.29 bits per heavy atom. The van der Waals surface area contributed by atoms with Gasteiger partial charge < -0.3 is 15.0 Å². The molecule has 24 heavy (non-hydrogen) atoms. The van der Waals surface area contributed by atoms with Gasteiger partial charge in [-0.1, -0.05) is 26.0 Å². The summed E-state index contributed by atoms with van der Waals surface area (Å²) in [6.07, 6.45) is 1.67. The van der Waals surface area contributed by atoms with Gasteiger partial charge in [0.15, 0.2) is 0 Å². The van der Waals surface area contributed by atoms with Crippen LogP contribution in [0, 0.1) is 11.3 Å². The number of methoxy groups -OCH3 is 1. The summed E-state index contributed by atoms with van der Waals surface area (Å²) in [6, 6.07) is 7.65. The largest absolute Gasteiger partial charge is 0.497 e. The van der Waals surface area contributed by atoms with Crippen LogP contribution >= 0.6 is 0 Å². The quantitative estimate of drug-likeness (QED) is 0.902. The Bertz CT molecular complexity index is 583. The Morgan fingerprint density at radius 2 is 1.96 bits per heavy atom. The first-order valence-electron chi connectivity index (χ1n) is 8.56. The topological polar surface area (TPSA) is 58.6 Å². The number of nitrogens with zero attached hydrogens (tertiary/aromatic N) is 1. The number of likely N-dealkylation sites (tertiary alicyclic amines) is 1. The lowest BCUT2D eigenvalue weighted by molar-refractivity contribution is -0.142. The third-order valence-electron chi connectivity index (χ3n) is 4.66. The van der Waals surface area contributed by atoms with Crippen LogP contribution in [-0.2, 0) is 16.1 Å². The van der Waals surface area contributed by atoms with Gasteiger partial charge >= 0.3 is 0 Å². The number of hydrogen-bond acceptors (Lipinski definition) is 3. The molecule has 1 N–H and O–H groups in total. The second kappa shape index (κ2) is 7.69. The van der Waals surface area contributed by atoms with Crippen molar-refractivity contribution in [3.8, 4) is 5.75 Å². The van der Waals surface area contributed by atoms with Crippen molar-refractivity contribution in [3.63, 3.8) is 0 Å². The minimum atomic E-state index is -0.519. The van der Waals surface area contributed by atoms with Crippen LogP contribution in [0.1, 0.15) is 39.2 Å². The van der Waals surface area contributed by atoms with Gasteiger partial charge in [-0.2, -0.15) is 0 Å². The molecule has 0 radical (unpaired) electrons. The first-order valence-corrected chi connectivity index (χ1v) is 8.56. The number of carbonyl (C=O) groups is 2. The maximum atomic E-state index is 12.7. The first-order chi connectivity index (χ1) is 11.4. The Labute approximate surface area is 144 Å². The molecule has 1 saturated heterocycles. The number of hydrogen-bond donors (Lipinski definition) is 1. The lowest BCUT2D eigenvalue weighted by Gasteiger charge is -2.40. The third-order valence-corrected chi connectivity index (χ3v) is 4.66. The molecule has 1 atom stereocenters. The minimum Gasteiger partial charge on any atom is -0.497 e. The summed E-state index contributed by atoms with van der Waals surface area (Å²) < 4.78 is 5.13. The zero-order valence-electron chi connectivity index (χ0n) is 15.1. The second-order valence-electron chi connectivity index (χ2n) is 7.11. The molecular weight excluding hydrogens is 304 g/mol. The van der Waals surface area contributed by atoms with Crippen molar-refractivity contribution >= 4 is 11.8 Å². The zero-order chi connectivity index (χ0) is 17.7. The van der Waals surface area contributed by atoms with E-state index in [2.05, 4.69) is 5.32 Å². The predicted octanol–water partition coefficient (Wildman–Crippen LogP) is 2.60. The third kappa shape index (κ3) is 4.28. The van der Waals surface area contributed by atoms with Gasteiger partial charge in [-0.05, 0) is 37.5 Å². The van der Waals surface area contributed by atoms with Crippen LogP contribution in [-0.4, -0.2) is 36.9 Å². The number of rotatable bonds is 5. The number of ether oxygens (including phenoxy) is 1. The number of amides is 2. The highest BCUT2D eigenvalue weighted by Gasteiger charge is 2.39. The van der Waals surface area contributed by atoms with Crippen molar-refractivity contribution in [2.75, 3.05) is 20.2 Å². The normalized spacial score (nSPS) is 20.8. The summed E-state index contributed by atoms with van der Waals surface area (Å²) in [4.78, 5) is 26.7. The van der Waals surface area contributed by atoms with E-state index in [1.54, 1.807) is 7.11 Å². The van der Waals surface area contributed by atoms with Crippen LogP contribution in [0.4, 0.5) is 0 Å². The first kappa shape index (κ1) is 18.3. The molecule has 1 aliphatic heterocycles. The van der Waals surface area contributed by atoms with Gasteiger partial charge in [0.2, 0.25) is 11.8 Å². The number of carbonyl (C=O) groups excluding carboxylic acids is 2. The second-order valence-corrected chi connectivity index (χ2v) is 7.11. The van der Waals surface area contributed by atoms with Crippen molar-refractivity contribution < 1.29 is 14.3 Å². The van der Waals surface area contributed by atoms with E-state index in [0.717, 1.165) is 30.7 Å². The predicted molar refractivity (Wildman–Crippen MR) is 93.6 cm³/mol. The molecule has 0 spiro atoms. The summed E-state index contributed by atoms with van der Waals surface area (Å²) in [5.74, 6) is 0.908. The molecule has 132 valence electrons. The molecule has 5 nitrogen and oxygen atoms in total. The van der Waals surface area contributed by atoms with E-state index in [9.17, 15) is 9.59 Å². The highest BCUT2D eigenvalue weighted by molar-refractivity contribution is 5.84. The molecular formula is C19H28N2O3. The van der Waals surface area contributed by atoms with Gasteiger partial charge in [0.1, 0.15) is 5.75 Å². The molecule has 0 aliphatic carbocycles.